The first-order valence-corrected chi connectivity index (χ1v) is 8.74. The van der Waals surface area contributed by atoms with Crippen LogP contribution in [-0.4, -0.2) is 37.4 Å². The molecular weight excluding hydrogens is 362 g/mol. The van der Waals surface area contributed by atoms with Crippen LogP contribution in [0.2, 0.25) is 0 Å². The second-order valence-corrected chi connectivity index (χ2v) is 5.86. The van der Waals surface area contributed by atoms with E-state index < -0.39 is 18.4 Å². The van der Waals surface area contributed by atoms with E-state index in [0.29, 0.717) is 23.6 Å². The molecular formula is C21H19NO6. The first-order chi connectivity index (χ1) is 13.6. The molecule has 0 spiro atoms. The Labute approximate surface area is 161 Å². The summed E-state index contributed by atoms with van der Waals surface area (Å²) in [6.45, 7) is 1.65. The average Bonchev–Trinajstić information content (AvgIpc) is 3.07. The zero-order valence-electron chi connectivity index (χ0n) is 15.3. The van der Waals surface area contributed by atoms with E-state index in [4.69, 9.17) is 14.2 Å². The summed E-state index contributed by atoms with van der Waals surface area (Å²) < 4.78 is 15.6. The summed E-state index contributed by atoms with van der Waals surface area (Å²) >= 11 is 0. The summed E-state index contributed by atoms with van der Waals surface area (Å²) in [4.78, 5) is 36.6. The number of carbonyl (C=O) groups excluding carboxylic acids is 3. The molecule has 1 aliphatic rings. The lowest BCUT2D eigenvalue weighted by molar-refractivity contribution is -0.139. The van der Waals surface area contributed by atoms with Gasteiger partial charge in [0.05, 0.1) is 6.61 Å². The van der Waals surface area contributed by atoms with Gasteiger partial charge in [0.25, 0.3) is 0 Å². The van der Waals surface area contributed by atoms with Gasteiger partial charge in [-0.3, -0.25) is 9.59 Å². The average molecular weight is 381 g/mol. The van der Waals surface area contributed by atoms with Gasteiger partial charge in [0.2, 0.25) is 11.7 Å². The summed E-state index contributed by atoms with van der Waals surface area (Å²) in [6, 6.07) is 15.5. The Balaban J connectivity index is 1.64. The Bertz CT molecular complexity index is 902. The van der Waals surface area contributed by atoms with Gasteiger partial charge in [-0.15, -0.1) is 0 Å². The van der Waals surface area contributed by atoms with Crippen molar-refractivity contribution in [2.45, 2.75) is 6.92 Å². The van der Waals surface area contributed by atoms with Crippen LogP contribution < -0.4 is 10.1 Å². The van der Waals surface area contributed by atoms with Gasteiger partial charge in [0.15, 0.2) is 24.6 Å². The van der Waals surface area contributed by atoms with Crippen molar-refractivity contribution in [1.29, 1.82) is 0 Å². The maximum atomic E-state index is 12.3. The molecule has 7 nitrogen and oxygen atoms in total. The van der Waals surface area contributed by atoms with Crippen molar-refractivity contribution in [2.24, 2.45) is 0 Å². The van der Waals surface area contributed by atoms with E-state index in [0.717, 1.165) is 0 Å². The van der Waals surface area contributed by atoms with Gasteiger partial charge in [-0.1, -0.05) is 18.2 Å². The first kappa shape index (κ1) is 19.2. The second kappa shape index (κ2) is 8.85. The maximum Gasteiger partial charge on any atom is 0.347 e. The standard InChI is InChI=1S/C21H19NO6/c1-2-26-16-10-8-14(9-11-16)17(23)12-28-21(25)19-18(24)13-27-20(19)22-15-6-4-3-5-7-15/h3-11,22H,2,12-13H2,1H3. The van der Waals surface area contributed by atoms with Crippen LogP contribution in [0.1, 0.15) is 17.3 Å². The molecule has 1 aliphatic heterocycles. The van der Waals surface area contributed by atoms with Crippen molar-refractivity contribution in [3.05, 3.63) is 71.6 Å². The molecule has 28 heavy (non-hydrogen) atoms. The van der Waals surface area contributed by atoms with Gasteiger partial charge >= 0.3 is 5.97 Å². The molecule has 144 valence electrons. The van der Waals surface area contributed by atoms with Gasteiger partial charge in [0.1, 0.15) is 5.75 Å². The molecule has 0 unspecified atom stereocenters. The zero-order valence-corrected chi connectivity index (χ0v) is 15.3. The molecule has 0 atom stereocenters. The number of rotatable bonds is 8. The molecule has 3 rings (SSSR count). The van der Waals surface area contributed by atoms with Crippen molar-refractivity contribution >= 4 is 23.2 Å². The lowest BCUT2D eigenvalue weighted by Crippen LogP contribution is -2.20. The van der Waals surface area contributed by atoms with Gasteiger partial charge in [-0.05, 0) is 43.3 Å². The van der Waals surface area contributed by atoms with Crippen LogP contribution in [0.25, 0.3) is 0 Å². The quantitative estimate of drug-likeness (QED) is 0.427. The predicted octanol–water partition coefficient (Wildman–Crippen LogP) is 2.73. The number of hydrogen-bond acceptors (Lipinski definition) is 7. The molecule has 0 fully saturated rings. The zero-order chi connectivity index (χ0) is 19.9. The number of esters is 1. The second-order valence-electron chi connectivity index (χ2n) is 5.86. The van der Waals surface area contributed by atoms with Crippen LogP contribution >= 0.6 is 0 Å². The molecule has 1 N–H and O–H groups in total. The third kappa shape index (κ3) is 4.56. The molecule has 1 heterocycles. The van der Waals surface area contributed by atoms with E-state index in [-0.39, 0.29) is 23.8 Å². The number of Topliss-reactive ketones (excluding diaryl/α,β-unsaturated/α-hetero) is 2. The van der Waals surface area contributed by atoms with E-state index in [2.05, 4.69) is 5.32 Å². The lowest BCUT2D eigenvalue weighted by atomic mass is 10.1. The number of ketones is 2. The van der Waals surface area contributed by atoms with Crippen LogP contribution in [0.4, 0.5) is 5.69 Å². The minimum atomic E-state index is -0.903. The third-order valence-corrected chi connectivity index (χ3v) is 3.91. The maximum absolute atomic E-state index is 12.3. The van der Waals surface area contributed by atoms with Crippen LogP contribution in [0.3, 0.4) is 0 Å². The van der Waals surface area contributed by atoms with Gasteiger partial charge in [-0.2, -0.15) is 0 Å². The highest BCUT2D eigenvalue weighted by Gasteiger charge is 2.32. The largest absolute Gasteiger partial charge is 0.494 e. The highest BCUT2D eigenvalue weighted by atomic mass is 16.5. The Morgan fingerprint density at radius 2 is 1.79 bits per heavy atom. The van der Waals surface area contributed by atoms with E-state index >= 15 is 0 Å². The monoisotopic (exact) mass is 381 g/mol. The van der Waals surface area contributed by atoms with Crippen LogP contribution in [0, 0.1) is 0 Å². The number of ether oxygens (including phenoxy) is 3. The highest BCUT2D eigenvalue weighted by Crippen LogP contribution is 2.21. The Kier molecular flexibility index (Phi) is 6.06. The SMILES string of the molecule is CCOc1ccc(C(=O)COC(=O)C2=C(Nc3ccccc3)OCC2=O)cc1. The topological polar surface area (TPSA) is 90.9 Å². The van der Waals surface area contributed by atoms with Crippen LogP contribution in [0.5, 0.6) is 5.75 Å². The fourth-order valence-corrected chi connectivity index (χ4v) is 2.56. The fourth-order valence-electron chi connectivity index (χ4n) is 2.56. The van der Waals surface area contributed by atoms with Crippen molar-refractivity contribution in [2.75, 3.05) is 25.1 Å². The number of anilines is 1. The van der Waals surface area contributed by atoms with Crippen LogP contribution in [0.15, 0.2) is 66.1 Å². The van der Waals surface area contributed by atoms with E-state index in [1.807, 2.05) is 13.0 Å². The molecule has 2 aromatic carbocycles. The van der Waals surface area contributed by atoms with E-state index in [1.54, 1.807) is 48.5 Å². The van der Waals surface area contributed by atoms with Crippen LogP contribution in [-0.2, 0) is 19.1 Å². The predicted molar refractivity (Wildman–Crippen MR) is 101 cm³/mol. The molecule has 0 saturated heterocycles. The normalized spacial score (nSPS) is 13.1. The Morgan fingerprint density at radius 1 is 1.07 bits per heavy atom. The van der Waals surface area contributed by atoms with Gasteiger partial charge in [-0.25, -0.2) is 4.79 Å². The Morgan fingerprint density at radius 3 is 2.46 bits per heavy atom. The molecule has 7 heteroatoms. The third-order valence-electron chi connectivity index (χ3n) is 3.91. The van der Waals surface area contributed by atoms with Crippen molar-refractivity contribution < 1.29 is 28.6 Å². The lowest BCUT2D eigenvalue weighted by Gasteiger charge is -2.09. The van der Waals surface area contributed by atoms with Crippen molar-refractivity contribution in [3.63, 3.8) is 0 Å². The molecule has 0 radical (unpaired) electrons. The number of hydrogen-bond donors (Lipinski definition) is 1. The summed E-state index contributed by atoms with van der Waals surface area (Å²) in [5.41, 5.74) is 0.799. The number of benzene rings is 2. The number of nitrogens with one attached hydrogen (secondary N) is 1. The molecule has 0 saturated carbocycles. The molecule has 0 aromatic heterocycles. The molecule has 0 bridgehead atoms. The smallest absolute Gasteiger partial charge is 0.347 e. The minimum Gasteiger partial charge on any atom is -0.494 e. The van der Waals surface area contributed by atoms with Crippen molar-refractivity contribution in [1.82, 2.24) is 0 Å². The summed E-state index contributed by atoms with van der Waals surface area (Å²) in [5.74, 6) is -1.13. The van der Waals surface area contributed by atoms with Gasteiger partial charge < -0.3 is 19.5 Å². The summed E-state index contributed by atoms with van der Waals surface area (Å²) in [5, 5.41) is 2.88. The number of para-hydroxylation sites is 1. The Hall–Kier alpha value is -3.61. The fraction of sp³-hybridized carbons (Fsp3) is 0.190. The number of carbonyl (C=O) groups is 3. The van der Waals surface area contributed by atoms with Crippen molar-refractivity contribution in [3.8, 4) is 5.75 Å². The van der Waals surface area contributed by atoms with Gasteiger partial charge in [0, 0.05) is 11.3 Å². The minimum absolute atomic E-state index is 0.0229. The van der Waals surface area contributed by atoms with E-state index in [9.17, 15) is 14.4 Å². The highest BCUT2D eigenvalue weighted by molar-refractivity contribution is 6.20. The summed E-state index contributed by atoms with van der Waals surface area (Å²) in [6.07, 6.45) is 0. The van der Waals surface area contributed by atoms with E-state index in [1.165, 1.54) is 0 Å². The molecule has 2 aromatic rings. The molecule has 0 aliphatic carbocycles. The molecule has 0 amide bonds. The summed E-state index contributed by atoms with van der Waals surface area (Å²) in [7, 11) is 0. The first-order valence-electron chi connectivity index (χ1n) is 8.74.